The second-order valence-corrected chi connectivity index (χ2v) is 5.45. The van der Waals surface area contributed by atoms with Crippen LogP contribution < -0.4 is 10.6 Å². The zero-order valence-electron chi connectivity index (χ0n) is 13.5. The Labute approximate surface area is 131 Å². The maximum atomic E-state index is 12.2. The van der Waals surface area contributed by atoms with E-state index in [9.17, 15) is 4.79 Å². The van der Waals surface area contributed by atoms with Crippen LogP contribution in [-0.4, -0.2) is 11.0 Å². The largest absolute Gasteiger partial charge is 0.466 e. The molecule has 2 amide bonds. The average Bonchev–Trinajstić information content (AvgIpc) is 2.84. The van der Waals surface area contributed by atoms with Crippen molar-refractivity contribution >= 4 is 6.03 Å². The standard InChI is InChI=1S/C17H23N3O2/c1-5-16(14-6-8-18-9-7-14)20-17(21)19-12(3)15-10-11(2)22-13(15)4/h6-10,12,16H,5H2,1-4H3,(H2,19,20,21)/t12-,16-/m1/s1. The lowest BCUT2D eigenvalue weighted by atomic mass is 10.1. The monoisotopic (exact) mass is 301 g/mol. The number of hydrogen-bond donors (Lipinski definition) is 2. The Kier molecular flexibility index (Phi) is 5.20. The maximum Gasteiger partial charge on any atom is 0.315 e. The van der Waals surface area contributed by atoms with E-state index in [0.29, 0.717) is 0 Å². The molecule has 2 aromatic rings. The minimum atomic E-state index is -0.186. The van der Waals surface area contributed by atoms with Crippen LogP contribution in [0.3, 0.4) is 0 Å². The third-order valence-corrected chi connectivity index (χ3v) is 3.72. The molecular weight excluding hydrogens is 278 g/mol. The van der Waals surface area contributed by atoms with E-state index in [1.54, 1.807) is 12.4 Å². The fourth-order valence-corrected chi connectivity index (χ4v) is 2.57. The van der Waals surface area contributed by atoms with Crippen molar-refractivity contribution in [2.75, 3.05) is 0 Å². The van der Waals surface area contributed by atoms with Crippen molar-refractivity contribution < 1.29 is 9.21 Å². The Hall–Kier alpha value is -2.30. The van der Waals surface area contributed by atoms with Gasteiger partial charge in [-0.25, -0.2) is 4.79 Å². The van der Waals surface area contributed by atoms with Gasteiger partial charge in [-0.05, 0) is 51.0 Å². The average molecular weight is 301 g/mol. The zero-order chi connectivity index (χ0) is 16.1. The smallest absolute Gasteiger partial charge is 0.315 e. The Balaban J connectivity index is 1.98. The predicted octanol–water partition coefficient (Wildman–Crippen LogP) is 3.80. The van der Waals surface area contributed by atoms with Gasteiger partial charge in [0.25, 0.3) is 0 Å². The van der Waals surface area contributed by atoms with Gasteiger partial charge in [0.2, 0.25) is 0 Å². The third-order valence-electron chi connectivity index (χ3n) is 3.72. The number of hydrogen-bond acceptors (Lipinski definition) is 3. The number of amides is 2. The third kappa shape index (κ3) is 3.87. The Morgan fingerprint density at radius 3 is 2.50 bits per heavy atom. The molecule has 0 saturated carbocycles. The summed E-state index contributed by atoms with van der Waals surface area (Å²) in [6, 6.07) is 5.48. The summed E-state index contributed by atoms with van der Waals surface area (Å²) in [4.78, 5) is 16.2. The van der Waals surface area contributed by atoms with Crippen LogP contribution in [-0.2, 0) is 0 Å². The van der Waals surface area contributed by atoms with Gasteiger partial charge in [0.1, 0.15) is 11.5 Å². The van der Waals surface area contributed by atoms with E-state index in [1.807, 2.05) is 45.9 Å². The molecule has 22 heavy (non-hydrogen) atoms. The lowest BCUT2D eigenvalue weighted by Crippen LogP contribution is -2.39. The molecule has 2 aromatic heterocycles. The molecule has 0 unspecified atom stereocenters. The van der Waals surface area contributed by atoms with E-state index in [1.165, 1.54) is 0 Å². The molecule has 0 saturated heterocycles. The van der Waals surface area contributed by atoms with Crippen LogP contribution in [0.25, 0.3) is 0 Å². The summed E-state index contributed by atoms with van der Waals surface area (Å²) in [5.74, 6) is 1.69. The molecule has 5 nitrogen and oxygen atoms in total. The maximum absolute atomic E-state index is 12.2. The van der Waals surface area contributed by atoms with Crippen molar-refractivity contribution in [1.29, 1.82) is 0 Å². The first-order valence-corrected chi connectivity index (χ1v) is 7.55. The van der Waals surface area contributed by atoms with Gasteiger partial charge in [-0.2, -0.15) is 0 Å². The van der Waals surface area contributed by atoms with E-state index in [2.05, 4.69) is 15.6 Å². The SMILES string of the molecule is CC[C@@H](NC(=O)N[C@H](C)c1cc(C)oc1C)c1ccncc1. The van der Waals surface area contributed by atoms with Gasteiger partial charge in [-0.15, -0.1) is 0 Å². The number of urea groups is 1. The highest BCUT2D eigenvalue weighted by molar-refractivity contribution is 5.75. The van der Waals surface area contributed by atoms with Crippen molar-refractivity contribution in [3.63, 3.8) is 0 Å². The van der Waals surface area contributed by atoms with Crippen molar-refractivity contribution in [2.24, 2.45) is 0 Å². The number of pyridine rings is 1. The molecule has 2 heterocycles. The normalized spacial score (nSPS) is 13.5. The molecular formula is C17H23N3O2. The first kappa shape index (κ1) is 16.1. The van der Waals surface area contributed by atoms with Gasteiger partial charge in [-0.3, -0.25) is 4.98 Å². The topological polar surface area (TPSA) is 67.2 Å². The molecule has 2 N–H and O–H groups in total. The molecule has 2 atom stereocenters. The van der Waals surface area contributed by atoms with E-state index in [4.69, 9.17) is 4.42 Å². The van der Waals surface area contributed by atoms with Gasteiger partial charge in [-0.1, -0.05) is 6.92 Å². The molecule has 0 radical (unpaired) electrons. The van der Waals surface area contributed by atoms with Crippen LogP contribution in [0.4, 0.5) is 4.79 Å². The highest BCUT2D eigenvalue weighted by Gasteiger charge is 2.17. The molecule has 0 aliphatic heterocycles. The lowest BCUT2D eigenvalue weighted by molar-refractivity contribution is 0.233. The summed E-state index contributed by atoms with van der Waals surface area (Å²) >= 11 is 0. The molecule has 0 aliphatic carbocycles. The van der Waals surface area contributed by atoms with Crippen molar-refractivity contribution in [3.05, 3.63) is 53.2 Å². The molecule has 0 fully saturated rings. The molecule has 2 rings (SSSR count). The summed E-state index contributed by atoms with van der Waals surface area (Å²) in [5, 5.41) is 5.96. The fourth-order valence-electron chi connectivity index (χ4n) is 2.57. The van der Waals surface area contributed by atoms with Crippen molar-refractivity contribution in [3.8, 4) is 0 Å². The van der Waals surface area contributed by atoms with E-state index in [0.717, 1.165) is 29.1 Å². The zero-order valence-corrected chi connectivity index (χ0v) is 13.5. The van der Waals surface area contributed by atoms with E-state index in [-0.39, 0.29) is 18.1 Å². The minimum absolute atomic E-state index is 0.0256. The van der Waals surface area contributed by atoms with Crippen LogP contribution in [0.2, 0.25) is 0 Å². The Bertz CT molecular complexity index is 622. The number of aromatic nitrogens is 1. The number of furan rings is 1. The Morgan fingerprint density at radius 1 is 1.27 bits per heavy atom. The number of aryl methyl sites for hydroxylation is 2. The highest BCUT2D eigenvalue weighted by atomic mass is 16.3. The van der Waals surface area contributed by atoms with Crippen LogP contribution in [0.1, 0.15) is 55.0 Å². The fraction of sp³-hybridized carbons (Fsp3) is 0.412. The second kappa shape index (κ2) is 7.11. The number of rotatable bonds is 5. The van der Waals surface area contributed by atoms with Crippen LogP contribution >= 0.6 is 0 Å². The summed E-state index contributed by atoms with van der Waals surface area (Å²) in [6.45, 7) is 7.80. The first-order valence-electron chi connectivity index (χ1n) is 7.55. The van der Waals surface area contributed by atoms with Crippen LogP contribution in [0.5, 0.6) is 0 Å². The molecule has 0 bridgehead atoms. The van der Waals surface area contributed by atoms with Gasteiger partial charge in [0.05, 0.1) is 12.1 Å². The quantitative estimate of drug-likeness (QED) is 0.882. The van der Waals surface area contributed by atoms with E-state index < -0.39 is 0 Å². The summed E-state index contributed by atoms with van der Waals surface area (Å²) in [6.07, 6.45) is 4.28. The van der Waals surface area contributed by atoms with Gasteiger partial charge < -0.3 is 15.1 Å². The highest BCUT2D eigenvalue weighted by Crippen LogP contribution is 2.21. The summed E-state index contributed by atoms with van der Waals surface area (Å²) in [5.41, 5.74) is 2.06. The molecule has 0 aliphatic rings. The molecule has 0 aromatic carbocycles. The minimum Gasteiger partial charge on any atom is -0.466 e. The molecule has 5 heteroatoms. The number of nitrogens with zero attached hydrogens (tertiary/aromatic N) is 1. The molecule has 0 spiro atoms. The van der Waals surface area contributed by atoms with Crippen molar-refractivity contribution in [1.82, 2.24) is 15.6 Å². The van der Waals surface area contributed by atoms with Gasteiger partial charge >= 0.3 is 6.03 Å². The van der Waals surface area contributed by atoms with Crippen molar-refractivity contribution in [2.45, 2.75) is 46.2 Å². The second-order valence-electron chi connectivity index (χ2n) is 5.45. The van der Waals surface area contributed by atoms with E-state index >= 15 is 0 Å². The first-order chi connectivity index (χ1) is 10.5. The molecule has 118 valence electrons. The summed E-state index contributed by atoms with van der Waals surface area (Å²) < 4.78 is 5.51. The van der Waals surface area contributed by atoms with Crippen LogP contribution in [0, 0.1) is 13.8 Å². The van der Waals surface area contributed by atoms with Crippen LogP contribution in [0.15, 0.2) is 35.0 Å². The number of carbonyl (C=O) groups excluding carboxylic acids is 1. The van der Waals surface area contributed by atoms with Gasteiger partial charge in [0.15, 0.2) is 0 Å². The lowest BCUT2D eigenvalue weighted by Gasteiger charge is -2.20. The number of nitrogens with one attached hydrogen (secondary N) is 2. The summed E-state index contributed by atoms with van der Waals surface area (Å²) in [7, 11) is 0. The number of carbonyl (C=O) groups is 1. The Morgan fingerprint density at radius 2 is 1.95 bits per heavy atom. The predicted molar refractivity (Wildman–Crippen MR) is 85.5 cm³/mol. The van der Waals surface area contributed by atoms with Gasteiger partial charge in [0, 0.05) is 18.0 Å².